The Labute approximate surface area is 148 Å². The summed E-state index contributed by atoms with van der Waals surface area (Å²) in [4.78, 5) is 13.6. The largest absolute Gasteiger partial charge is 0.313 e. The molecule has 2 aliphatic heterocycles. The lowest BCUT2D eigenvalue weighted by Gasteiger charge is -2.17. The van der Waals surface area contributed by atoms with Crippen molar-refractivity contribution >= 4 is 34.0 Å². The molecule has 1 aromatic carbocycles. The van der Waals surface area contributed by atoms with Gasteiger partial charge < -0.3 is 10.2 Å². The van der Waals surface area contributed by atoms with Crippen LogP contribution < -0.4 is 14.9 Å². The fourth-order valence-electron chi connectivity index (χ4n) is 2.83. The van der Waals surface area contributed by atoms with E-state index in [-0.39, 0.29) is 23.2 Å². The number of halogens is 1. The summed E-state index contributed by atoms with van der Waals surface area (Å²) in [6.07, 6.45) is 4.29. The SMILES string of the molecule is Cl.O=C1CCCN1c1ccc(S(=O)(=O)NCC2=CCNCC2)cc1. The van der Waals surface area contributed by atoms with Crippen LogP contribution in [-0.2, 0) is 14.8 Å². The molecule has 3 rings (SSSR count). The number of benzene rings is 1. The molecular formula is C16H22ClN3O3S. The Bertz CT molecular complexity index is 717. The maximum atomic E-state index is 12.3. The van der Waals surface area contributed by atoms with Gasteiger partial charge in [0.1, 0.15) is 0 Å². The first kappa shape index (κ1) is 18.9. The molecule has 132 valence electrons. The molecule has 0 unspecified atom stereocenters. The third-order valence-electron chi connectivity index (χ3n) is 4.18. The minimum Gasteiger partial charge on any atom is -0.313 e. The molecule has 0 spiro atoms. The Morgan fingerprint density at radius 2 is 1.92 bits per heavy atom. The minimum atomic E-state index is -3.53. The van der Waals surface area contributed by atoms with Gasteiger partial charge in [0.15, 0.2) is 0 Å². The van der Waals surface area contributed by atoms with Crippen molar-refractivity contribution in [3.63, 3.8) is 0 Å². The Morgan fingerprint density at radius 3 is 2.50 bits per heavy atom. The minimum absolute atomic E-state index is 0. The topological polar surface area (TPSA) is 78.5 Å². The van der Waals surface area contributed by atoms with E-state index >= 15 is 0 Å². The molecule has 2 aliphatic rings. The van der Waals surface area contributed by atoms with Crippen LogP contribution in [0.4, 0.5) is 5.69 Å². The number of nitrogens with one attached hydrogen (secondary N) is 2. The van der Waals surface area contributed by atoms with Gasteiger partial charge in [-0.25, -0.2) is 13.1 Å². The Balaban J connectivity index is 0.00000208. The van der Waals surface area contributed by atoms with Crippen LogP contribution in [0.5, 0.6) is 0 Å². The molecule has 0 saturated carbocycles. The number of sulfonamides is 1. The van der Waals surface area contributed by atoms with Crippen LogP contribution in [0.2, 0.25) is 0 Å². The molecule has 8 heteroatoms. The van der Waals surface area contributed by atoms with Crippen molar-refractivity contribution in [1.29, 1.82) is 0 Å². The third-order valence-corrected chi connectivity index (χ3v) is 5.60. The molecule has 0 atom stereocenters. The number of hydrogen-bond donors (Lipinski definition) is 2. The molecule has 1 saturated heterocycles. The monoisotopic (exact) mass is 371 g/mol. The highest BCUT2D eigenvalue weighted by Crippen LogP contribution is 2.23. The predicted molar refractivity (Wildman–Crippen MR) is 96.0 cm³/mol. The summed E-state index contributed by atoms with van der Waals surface area (Å²) in [5.74, 6) is 0.0941. The van der Waals surface area contributed by atoms with Gasteiger partial charge in [0.25, 0.3) is 0 Å². The molecule has 0 aromatic heterocycles. The van der Waals surface area contributed by atoms with Crippen LogP contribution in [-0.4, -0.2) is 40.5 Å². The predicted octanol–water partition coefficient (Wildman–Crippen LogP) is 1.43. The lowest BCUT2D eigenvalue weighted by molar-refractivity contribution is -0.117. The van der Waals surface area contributed by atoms with Crippen molar-refractivity contribution in [3.05, 3.63) is 35.9 Å². The second-order valence-electron chi connectivity index (χ2n) is 5.78. The first-order valence-electron chi connectivity index (χ1n) is 7.85. The first-order chi connectivity index (χ1) is 11.1. The summed E-state index contributed by atoms with van der Waals surface area (Å²) < 4.78 is 27.3. The van der Waals surface area contributed by atoms with Gasteiger partial charge in [-0.1, -0.05) is 11.6 Å². The standard InChI is InChI=1S/C16H21N3O3S.ClH/c20-16-2-1-11-19(16)14-3-5-15(6-4-14)23(21,22)18-12-13-7-9-17-10-8-13;/h3-7,17-18H,1-2,8-12H2;1H. The summed E-state index contributed by atoms with van der Waals surface area (Å²) in [6.45, 7) is 2.71. The van der Waals surface area contributed by atoms with Gasteiger partial charge in [-0.2, -0.15) is 0 Å². The maximum Gasteiger partial charge on any atom is 0.240 e. The lowest BCUT2D eigenvalue weighted by atomic mass is 10.1. The van der Waals surface area contributed by atoms with E-state index in [4.69, 9.17) is 0 Å². The zero-order valence-corrected chi connectivity index (χ0v) is 15.0. The van der Waals surface area contributed by atoms with Gasteiger partial charge in [0.2, 0.25) is 15.9 Å². The molecule has 2 N–H and O–H groups in total. The summed E-state index contributed by atoms with van der Waals surface area (Å²) >= 11 is 0. The van der Waals surface area contributed by atoms with Crippen LogP contribution in [0.25, 0.3) is 0 Å². The number of hydrogen-bond acceptors (Lipinski definition) is 4. The van der Waals surface area contributed by atoms with Crippen LogP contribution in [0.1, 0.15) is 19.3 Å². The van der Waals surface area contributed by atoms with Crippen LogP contribution in [0, 0.1) is 0 Å². The molecule has 24 heavy (non-hydrogen) atoms. The molecular weight excluding hydrogens is 350 g/mol. The lowest BCUT2D eigenvalue weighted by Crippen LogP contribution is -2.29. The summed E-state index contributed by atoms with van der Waals surface area (Å²) in [5.41, 5.74) is 1.86. The van der Waals surface area contributed by atoms with E-state index in [2.05, 4.69) is 10.0 Å². The number of amides is 1. The van der Waals surface area contributed by atoms with Crippen LogP contribution in [0.15, 0.2) is 40.8 Å². The van der Waals surface area contributed by atoms with Gasteiger partial charge in [-0.15, -0.1) is 12.4 Å². The van der Waals surface area contributed by atoms with Crippen molar-refractivity contribution in [2.45, 2.75) is 24.2 Å². The van der Waals surface area contributed by atoms with E-state index in [0.717, 1.165) is 37.2 Å². The Morgan fingerprint density at radius 1 is 1.17 bits per heavy atom. The van der Waals surface area contributed by atoms with E-state index < -0.39 is 10.0 Å². The molecule has 6 nitrogen and oxygen atoms in total. The van der Waals surface area contributed by atoms with Crippen molar-refractivity contribution in [1.82, 2.24) is 10.0 Å². The average molecular weight is 372 g/mol. The van der Waals surface area contributed by atoms with Crippen LogP contribution >= 0.6 is 12.4 Å². The van der Waals surface area contributed by atoms with Crippen LogP contribution in [0.3, 0.4) is 0 Å². The molecule has 2 heterocycles. The summed E-state index contributed by atoms with van der Waals surface area (Å²) in [5, 5.41) is 3.19. The summed E-state index contributed by atoms with van der Waals surface area (Å²) in [6, 6.07) is 6.50. The number of rotatable bonds is 5. The number of carbonyl (C=O) groups is 1. The van der Waals surface area contributed by atoms with Crippen molar-refractivity contribution in [2.24, 2.45) is 0 Å². The highest BCUT2D eigenvalue weighted by atomic mass is 35.5. The smallest absolute Gasteiger partial charge is 0.240 e. The van der Waals surface area contributed by atoms with E-state index in [1.54, 1.807) is 29.2 Å². The molecule has 0 radical (unpaired) electrons. The highest BCUT2D eigenvalue weighted by Gasteiger charge is 2.22. The zero-order chi connectivity index (χ0) is 16.3. The maximum absolute atomic E-state index is 12.3. The zero-order valence-electron chi connectivity index (χ0n) is 13.3. The second-order valence-corrected chi connectivity index (χ2v) is 7.55. The quantitative estimate of drug-likeness (QED) is 0.767. The fraction of sp³-hybridized carbons (Fsp3) is 0.438. The first-order valence-corrected chi connectivity index (χ1v) is 9.33. The average Bonchev–Trinajstić information content (AvgIpc) is 3.00. The van der Waals surface area contributed by atoms with E-state index in [9.17, 15) is 13.2 Å². The molecule has 0 aliphatic carbocycles. The Kier molecular flexibility index (Phi) is 6.40. The summed E-state index contributed by atoms with van der Waals surface area (Å²) in [7, 11) is -3.53. The molecule has 1 aromatic rings. The van der Waals surface area contributed by atoms with Crippen molar-refractivity contribution < 1.29 is 13.2 Å². The van der Waals surface area contributed by atoms with Gasteiger partial charge in [0, 0.05) is 31.7 Å². The second kappa shape index (κ2) is 8.11. The number of nitrogens with zero attached hydrogens (tertiary/aromatic N) is 1. The van der Waals surface area contributed by atoms with Gasteiger partial charge in [-0.05, 0) is 43.7 Å². The van der Waals surface area contributed by atoms with Crippen molar-refractivity contribution in [3.8, 4) is 0 Å². The molecule has 1 fully saturated rings. The van der Waals surface area contributed by atoms with Gasteiger partial charge in [-0.3, -0.25) is 4.79 Å². The highest BCUT2D eigenvalue weighted by molar-refractivity contribution is 7.89. The third kappa shape index (κ3) is 4.36. The van der Waals surface area contributed by atoms with E-state index in [0.29, 0.717) is 19.5 Å². The van der Waals surface area contributed by atoms with Crippen molar-refractivity contribution in [2.75, 3.05) is 31.1 Å². The van der Waals surface area contributed by atoms with E-state index in [1.807, 2.05) is 6.08 Å². The van der Waals surface area contributed by atoms with E-state index in [1.165, 1.54) is 0 Å². The molecule has 0 bridgehead atoms. The van der Waals surface area contributed by atoms with Gasteiger partial charge in [0.05, 0.1) is 4.90 Å². The number of anilines is 1. The van der Waals surface area contributed by atoms with Gasteiger partial charge >= 0.3 is 0 Å². The normalized spacial score (nSPS) is 18.2. The molecule has 1 amide bonds. The Hall–Kier alpha value is -1.41. The fourth-order valence-corrected chi connectivity index (χ4v) is 3.86. The number of carbonyl (C=O) groups excluding carboxylic acids is 1.